The first-order chi connectivity index (χ1) is 14.5. The minimum absolute atomic E-state index is 0.0897. The molecule has 8 heteroatoms. The van der Waals surface area contributed by atoms with Gasteiger partial charge in [0.1, 0.15) is 0 Å². The Hall–Kier alpha value is -3.78. The van der Waals surface area contributed by atoms with E-state index in [4.69, 9.17) is 10.5 Å². The number of benzene rings is 2. The van der Waals surface area contributed by atoms with E-state index in [0.717, 1.165) is 11.1 Å². The Morgan fingerprint density at radius 1 is 1.07 bits per heavy atom. The smallest absolute Gasteiger partial charge is 0.411 e. The van der Waals surface area contributed by atoms with Gasteiger partial charge in [-0.05, 0) is 35.7 Å². The second-order valence-corrected chi connectivity index (χ2v) is 6.57. The molecule has 0 aliphatic carbocycles. The number of nitrogens with two attached hydrogens (primary N) is 1. The molecule has 0 saturated carbocycles. The zero-order chi connectivity index (χ0) is 21.5. The monoisotopic (exact) mass is 406 g/mol. The van der Waals surface area contributed by atoms with Crippen LogP contribution in [0.3, 0.4) is 0 Å². The molecule has 30 heavy (non-hydrogen) atoms. The van der Waals surface area contributed by atoms with Crippen LogP contribution in [0.2, 0.25) is 0 Å². The third-order valence-electron chi connectivity index (χ3n) is 4.33. The van der Waals surface area contributed by atoms with Gasteiger partial charge < -0.3 is 15.2 Å². The summed E-state index contributed by atoms with van der Waals surface area (Å²) in [5.41, 5.74) is 9.86. The lowest BCUT2D eigenvalue weighted by Crippen LogP contribution is -2.16. The van der Waals surface area contributed by atoms with Crippen molar-refractivity contribution in [1.29, 1.82) is 0 Å². The summed E-state index contributed by atoms with van der Waals surface area (Å²) in [6, 6.07) is 18.2. The van der Waals surface area contributed by atoms with Crippen LogP contribution in [0.5, 0.6) is 5.88 Å². The molecule has 0 radical (unpaired) electrons. The van der Waals surface area contributed by atoms with Crippen LogP contribution in [-0.2, 0) is 16.0 Å². The van der Waals surface area contributed by atoms with E-state index >= 15 is 0 Å². The van der Waals surface area contributed by atoms with Crippen molar-refractivity contribution in [2.24, 2.45) is 5.73 Å². The molecule has 3 rings (SSSR count). The summed E-state index contributed by atoms with van der Waals surface area (Å²) in [5, 5.41) is 10.8. The van der Waals surface area contributed by atoms with E-state index in [1.54, 1.807) is 30.3 Å². The third-order valence-corrected chi connectivity index (χ3v) is 4.33. The number of anilines is 1. The molecule has 0 fully saturated rings. The normalized spacial score (nSPS) is 11.4. The molecular formula is C22H22N4O4. The number of rotatable bonds is 6. The van der Waals surface area contributed by atoms with Gasteiger partial charge in [-0.15, -0.1) is 5.10 Å². The number of nitrogens with zero attached hydrogens (tertiary/aromatic N) is 2. The molecule has 0 saturated heterocycles. The highest BCUT2D eigenvalue weighted by atomic mass is 16.5. The van der Waals surface area contributed by atoms with Crippen LogP contribution in [-0.4, -0.2) is 29.4 Å². The summed E-state index contributed by atoms with van der Waals surface area (Å²) in [7, 11) is 1.29. The van der Waals surface area contributed by atoms with E-state index in [-0.39, 0.29) is 11.9 Å². The van der Waals surface area contributed by atoms with Crippen LogP contribution in [0.25, 0.3) is 11.1 Å². The molecule has 154 valence electrons. The molecule has 2 aromatic carbocycles. The van der Waals surface area contributed by atoms with Crippen LogP contribution < -0.4 is 15.8 Å². The predicted molar refractivity (Wildman–Crippen MR) is 112 cm³/mol. The number of hydrogen-bond acceptors (Lipinski definition) is 7. The van der Waals surface area contributed by atoms with Crippen LogP contribution in [0.1, 0.15) is 24.2 Å². The highest BCUT2D eigenvalue weighted by molar-refractivity contribution is 5.85. The molecule has 3 aromatic rings. The number of methoxy groups -OCH3 is 1. The van der Waals surface area contributed by atoms with Crippen molar-refractivity contribution in [3.05, 3.63) is 71.9 Å². The zero-order valence-corrected chi connectivity index (χ0v) is 16.7. The van der Waals surface area contributed by atoms with E-state index in [2.05, 4.69) is 20.3 Å². The van der Waals surface area contributed by atoms with Crippen LogP contribution >= 0.6 is 0 Å². The molecule has 3 N–H and O–H groups in total. The van der Waals surface area contributed by atoms with Crippen LogP contribution in [0.15, 0.2) is 60.7 Å². The Morgan fingerprint density at radius 2 is 1.77 bits per heavy atom. The Kier molecular flexibility index (Phi) is 6.71. The third kappa shape index (κ3) is 5.39. The molecule has 0 spiro atoms. The van der Waals surface area contributed by atoms with Gasteiger partial charge in [0.25, 0.3) is 0 Å². The first-order valence-corrected chi connectivity index (χ1v) is 9.27. The molecule has 1 aromatic heterocycles. The molecule has 1 atom stereocenters. The number of hydrogen-bond donors (Lipinski definition) is 2. The zero-order valence-electron chi connectivity index (χ0n) is 16.7. The average Bonchev–Trinajstić information content (AvgIpc) is 2.75. The minimum atomic E-state index is -0.567. The van der Waals surface area contributed by atoms with Crippen molar-refractivity contribution < 1.29 is 19.1 Å². The van der Waals surface area contributed by atoms with Crippen LogP contribution in [0, 0.1) is 0 Å². The first kappa shape index (κ1) is 20.9. The van der Waals surface area contributed by atoms with Gasteiger partial charge in [-0.2, -0.15) is 5.10 Å². The number of aromatic nitrogens is 2. The lowest BCUT2D eigenvalue weighted by Gasteiger charge is -2.14. The fourth-order valence-corrected chi connectivity index (χ4v) is 2.87. The van der Waals surface area contributed by atoms with Crippen molar-refractivity contribution in [3.8, 4) is 17.0 Å². The maximum atomic E-state index is 11.5. The predicted octanol–water partition coefficient (Wildman–Crippen LogP) is 3.49. The second-order valence-electron chi connectivity index (χ2n) is 6.57. The molecule has 1 heterocycles. The van der Waals surface area contributed by atoms with Gasteiger partial charge in [0.15, 0.2) is 0 Å². The summed E-state index contributed by atoms with van der Waals surface area (Å²) in [4.78, 5) is 22.8. The number of esters is 1. The van der Waals surface area contributed by atoms with Gasteiger partial charge in [0, 0.05) is 18.2 Å². The summed E-state index contributed by atoms with van der Waals surface area (Å²) < 4.78 is 9.80. The number of amides is 1. The van der Waals surface area contributed by atoms with Crippen LogP contribution in [0.4, 0.5) is 10.5 Å². The summed E-state index contributed by atoms with van der Waals surface area (Å²) in [5.74, 6) is -0.414. The van der Waals surface area contributed by atoms with Gasteiger partial charge in [-0.3, -0.25) is 10.1 Å². The molecule has 1 amide bonds. The number of nitrogens with one attached hydrogen (secondary N) is 1. The summed E-state index contributed by atoms with van der Waals surface area (Å²) in [6.45, 7) is 1.30. The number of ether oxygens (including phenoxy) is 2. The maximum Gasteiger partial charge on any atom is 0.411 e. The lowest BCUT2D eigenvalue weighted by molar-refractivity contribution is -0.132. The quantitative estimate of drug-likeness (QED) is 0.602. The van der Waals surface area contributed by atoms with Gasteiger partial charge in [-0.25, -0.2) is 4.79 Å². The van der Waals surface area contributed by atoms with E-state index < -0.39 is 12.1 Å². The molecular weight excluding hydrogens is 384 g/mol. The molecule has 8 nitrogen and oxygen atoms in total. The average molecular weight is 406 g/mol. The molecule has 0 aliphatic rings. The van der Waals surface area contributed by atoms with Crippen molar-refractivity contribution >= 4 is 17.7 Å². The number of carbonyl (C=O) groups excluding carboxylic acids is 2. The molecule has 1 unspecified atom stereocenters. The largest absolute Gasteiger partial charge is 0.453 e. The topological polar surface area (TPSA) is 116 Å². The highest BCUT2D eigenvalue weighted by Gasteiger charge is 2.17. The molecule has 0 aliphatic heterocycles. The van der Waals surface area contributed by atoms with Gasteiger partial charge in [-0.1, -0.05) is 42.5 Å². The minimum Gasteiger partial charge on any atom is -0.453 e. The van der Waals surface area contributed by atoms with Crippen molar-refractivity contribution in [3.63, 3.8) is 0 Å². The Balaban J connectivity index is 1.91. The van der Waals surface area contributed by atoms with Gasteiger partial charge in [0.2, 0.25) is 5.88 Å². The van der Waals surface area contributed by atoms with E-state index in [0.29, 0.717) is 23.4 Å². The van der Waals surface area contributed by atoms with E-state index in [1.807, 2.05) is 30.3 Å². The Labute approximate surface area is 174 Å². The van der Waals surface area contributed by atoms with Crippen molar-refractivity contribution in [1.82, 2.24) is 10.2 Å². The standard InChI is InChI=1S/C22H22N4O4/c1-14(27)30-21-18(16-8-10-17(11-9-16)24-22(28)29-2)13-20(25-26-21)19(23)12-15-6-4-3-5-7-15/h3-11,13,19H,12,23H2,1-2H3,(H,24,28). The fourth-order valence-electron chi connectivity index (χ4n) is 2.87. The highest BCUT2D eigenvalue weighted by Crippen LogP contribution is 2.31. The number of carbonyl (C=O) groups is 2. The summed E-state index contributed by atoms with van der Waals surface area (Å²) >= 11 is 0. The van der Waals surface area contributed by atoms with Gasteiger partial charge in [0.05, 0.1) is 18.8 Å². The van der Waals surface area contributed by atoms with Crippen molar-refractivity contribution in [2.45, 2.75) is 19.4 Å². The first-order valence-electron chi connectivity index (χ1n) is 9.27. The second kappa shape index (κ2) is 9.62. The van der Waals surface area contributed by atoms with Crippen molar-refractivity contribution in [2.75, 3.05) is 12.4 Å². The summed E-state index contributed by atoms with van der Waals surface area (Å²) in [6.07, 6.45) is 0.0206. The molecule has 0 bridgehead atoms. The van der Waals surface area contributed by atoms with E-state index in [1.165, 1.54) is 14.0 Å². The van der Waals surface area contributed by atoms with Gasteiger partial charge >= 0.3 is 12.1 Å². The SMILES string of the molecule is COC(=O)Nc1ccc(-c2cc(C(N)Cc3ccccc3)nnc2OC(C)=O)cc1. The Bertz CT molecular complexity index is 1020. The fraction of sp³-hybridized carbons (Fsp3) is 0.182. The lowest BCUT2D eigenvalue weighted by atomic mass is 10.0. The Morgan fingerprint density at radius 3 is 2.40 bits per heavy atom. The maximum absolute atomic E-state index is 11.5. The van der Waals surface area contributed by atoms with E-state index in [9.17, 15) is 9.59 Å².